The smallest absolute Gasteiger partial charge is 0.271 e. The van der Waals surface area contributed by atoms with E-state index < -0.39 is 10.2 Å². The molecule has 1 aliphatic rings. The standard InChI is InChI=1S/C23H23ClN4O4S/c1-14(21(29)25-20-12-11-16(28(31)32)13-18(20)24)33-23-26-19-10-6-5-9-17(19)22(30)27(23)15-7-3-2-4-8-15/h5-6,9-15H,2-4,7-8H2,1H3,(H,25,29). The molecule has 172 valence electrons. The van der Waals surface area contributed by atoms with Crippen LogP contribution in [-0.2, 0) is 4.79 Å². The summed E-state index contributed by atoms with van der Waals surface area (Å²) in [5, 5.41) is 14.2. The molecule has 0 aliphatic heterocycles. The predicted octanol–water partition coefficient (Wildman–Crippen LogP) is 5.58. The number of aromatic nitrogens is 2. The highest BCUT2D eigenvalue weighted by atomic mass is 35.5. The van der Waals surface area contributed by atoms with Crippen molar-refractivity contribution in [3.05, 3.63) is 68.0 Å². The van der Waals surface area contributed by atoms with E-state index in [1.165, 1.54) is 30.0 Å². The SMILES string of the molecule is CC(Sc1nc2ccccc2c(=O)n1C1CCCCC1)C(=O)Nc1ccc([N+](=O)[O-])cc1Cl. The van der Waals surface area contributed by atoms with Gasteiger partial charge in [-0.15, -0.1) is 0 Å². The summed E-state index contributed by atoms with van der Waals surface area (Å²) in [6, 6.07) is 11.2. The Bertz CT molecular complexity index is 1270. The van der Waals surface area contributed by atoms with E-state index in [9.17, 15) is 19.7 Å². The van der Waals surface area contributed by atoms with Crippen molar-refractivity contribution in [2.75, 3.05) is 5.32 Å². The van der Waals surface area contributed by atoms with E-state index in [4.69, 9.17) is 16.6 Å². The van der Waals surface area contributed by atoms with Crippen LogP contribution in [0.25, 0.3) is 10.9 Å². The highest BCUT2D eigenvalue weighted by Crippen LogP contribution is 2.33. The molecule has 1 aliphatic carbocycles. The quantitative estimate of drug-likeness (QED) is 0.211. The molecule has 0 saturated heterocycles. The van der Waals surface area contributed by atoms with E-state index in [2.05, 4.69) is 5.32 Å². The van der Waals surface area contributed by atoms with E-state index in [0.717, 1.165) is 32.1 Å². The number of nitro benzene ring substituents is 1. The zero-order valence-electron chi connectivity index (χ0n) is 18.0. The van der Waals surface area contributed by atoms with Crippen LogP contribution in [0.5, 0.6) is 0 Å². The van der Waals surface area contributed by atoms with Crippen molar-refractivity contribution in [3.8, 4) is 0 Å². The fourth-order valence-corrected chi connectivity index (χ4v) is 5.24. The lowest BCUT2D eigenvalue weighted by atomic mass is 9.95. The van der Waals surface area contributed by atoms with Crippen LogP contribution >= 0.6 is 23.4 Å². The van der Waals surface area contributed by atoms with Crippen LogP contribution in [0.1, 0.15) is 45.1 Å². The number of benzene rings is 2. The molecule has 0 bridgehead atoms. The first-order valence-corrected chi connectivity index (χ1v) is 12.0. The van der Waals surface area contributed by atoms with E-state index in [1.54, 1.807) is 23.6 Å². The Morgan fingerprint density at radius 3 is 2.67 bits per heavy atom. The van der Waals surface area contributed by atoms with Crippen LogP contribution in [0.3, 0.4) is 0 Å². The minimum absolute atomic E-state index is 0.0604. The number of halogens is 1. The molecule has 33 heavy (non-hydrogen) atoms. The Balaban J connectivity index is 1.61. The average molecular weight is 487 g/mol. The van der Waals surface area contributed by atoms with Gasteiger partial charge >= 0.3 is 0 Å². The Morgan fingerprint density at radius 1 is 1.24 bits per heavy atom. The summed E-state index contributed by atoms with van der Waals surface area (Å²) in [4.78, 5) is 41.3. The third kappa shape index (κ3) is 5.04. The van der Waals surface area contributed by atoms with Gasteiger partial charge in [-0.05, 0) is 38.0 Å². The zero-order chi connectivity index (χ0) is 23.5. The summed E-state index contributed by atoms with van der Waals surface area (Å²) in [6.45, 7) is 1.73. The predicted molar refractivity (Wildman–Crippen MR) is 130 cm³/mol. The summed E-state index contributed by atoms with van der Waals surface area (Å²) in [5.41, 5.74) is 0.650. The molecule has 1 atom stereocenters. The van der Waals surface area contributed by atoms with E-state index in [-0.39, 0.29) is 33.9 Å². The second-order valence-electron chi connectivity index (χ2n) is 8.05. The third-order valence-corrected chi connectivity index (χ3v) is 7.17. The Morgan fingerprint density at radius 2 is 1.97 bits per heavy atom. The minimum atomic E-state index is -0.584. The topological polar surface area (TPSA) is 107 Å². The number of carbonyl (C=O) groups excluding carboxylic acids is 1. The van der Waals surface area contributed by atoms with Crippen molar-refractivity contribution in [3.63, 3.8) is 0 Å². The molecular weight excluding hydrogens is 464 g/mol. The number of carbonyl (C=O) groups is 1. The summed E-state index contributed by atoms with van der Waals surface area (Å²) >= 11 is 7.33. The van der Waals surface area contributed by atoms with Crippen molar-refractivity contribution >= 4 is 51.5 Å². The number of anilines is 1. The van der Waals surface area contributed by atoms with Gasteiger partial charge in [0.25, 0.3) is 11.2 Å². The molecule has 8 nitrogen and oxygen atoms in total. The maximum absolute atomic E-state index is 13.4. The maximum Gasteiger partial charge on any atom is 0.271 e. The van der Waals surface area contributed by atoms with E-state index >= 15 is 0 Å². The van der Waals surface area contributed by atoms with Crippen molar-refractivity contribution < 1.29 is 9.72 Å². The van der Waals surface area contributed by atoms with Gasteiger partial charge in [-0.3, -0.25) is 24.3 Å². The van der Waals surface area contributed by atoms with E-state index in [1.807, 2.05) is 12.1 Å². The van der Waals surface area contributed by atoms with Crippen LogP contribution < -0.4 is 10.9 Å². The summed E-state index contributed by atoms with van der Waals surface area (Å²) < 4.78 is 1.76. The van der Waals surface area contributed by atoms with Gasteiger partial charge in [0.1, 0.15) is 0 Å². The molecule has 1 amide bonds. The number of fused-ring (bicyclic) bond motifs is 1. The van der Waals surface area contributed by atoms with E-state index in [0.29, 0.717) is 16.1 Å². The number of para-hydroxylation sites is 1. The zero-order valence-corrected chi connectivity index (χ0v) is 19.6. The molecule has 1 aromatic heterocycles. The molecular formula is C23H23ClN4O4S. The number of nitrogens with one attached hydrogen (secondary N) is 1. The van der Waals surface area contributed by atoms with Crippen molar-refractivity contribution in [2.24, 2.45) is 0 Å². The van der Waals surface area contributed by atoms with Crippen molar-refractivity contribution in [1.29, 1.82) is 0 Å². The fourth-order valence-electron chi connectivity index (χ4n) is 4.03. The van der Waals surface area contributed by atoms with Crippen LogP contribution in [0.15, 0.2) is 52.4 Å². The van der Waals surface area contributed by atoms with Gasteiger partial charge < -0.3 is 5.32 Å². The number of thioether (sulfide) groups is 1. The minimum Gasteiger partial charge on any atom is -0.324 e. The van der Waals surface area contributed by atoms with Gasteiger partial charge in [0.2, 0.25) is 5.91 Å². The molecule has 3 aromatic rings. The molecule has 4 rings (SSSR count). The fraction of sp³-hybridized carbons (Fsp3) is 0.348. The first-order chi connectivity index (χ1) is 15.8. The molecule has 1 fully saturated rings. The molecule has 0 spiro atoms. The number of hydrogen-bond donors (Lipinski definition) is 1. The van der Waals surface area contributed by atoms with Crippen LogP contribution in [0, 0.1) is 10.1 Å². The number of non-ortho nitro benzene ring substituents is 1. The molecule has 2 aromatic carbocycles. The first kappa shape index (κ1) is 23.3. The highest BCUT2D eigenvalue weighted by molar-refractivity contribution is 8.00. The second kappa shape index (κ2) is 9.93. The second-order valence-corrected chi connectivity index (χ2v) is 9.76. The van der Waals surface area contributed by atoms with Gasteiger partial charge in [0.15, 0.2) is 5.16 Å². The van der Waals surface area contributed by atoms with Gasteiger partial charge in [0.05, 0.1) is 31.8 Å². The lowest BCUT2D eigenvalue weighted by molar-refractivity contribution is -0.384. The Kier molecular flexibility index (Phi) is 6.99. The Hall–Kier alpha value is -2.91. The molecule has 1 unspecified atom stereocenters. The normalized spacial score (nSPS) is 15.3. The number of amides is 1. The van der Waals surface area contributed by atoms with Gasteiger partial charge in [-0.25, -0.2) is 4.98 Å². The number of nitro groups is 1. The summed E-state index contributed by atoms with van der Waals surface area (Å²) in [6.07, 6.45) is 5.09. The third-order valence-electron chi connectivity index (χ3n) is 5.79. The molecule has 1 heterocycles. The maximum atomic E-state index is 13.4. The number of hydrogen-bond acceptors (Lipinski definition) is 6. The van der Waals surface area contributed by atoms with Gasteiger partial charge in [-0.1, -0.05) is 54.8 Å². The lowest BCUT2D eigenvalue weighted by Crippen LogP contribution is -2.30. The van der Waals surface area contributed by atoms with Crippen molar-refractivity contribution in [1.82, 2.24) is 9.55 Å². The Labute approximate surface area is 199 Å². The molecule has 1 N–H and O–H groups in total. The van der Waals surface area contributed by atoms with Crippen LogP contribution in [0.4, 0.5) is 11.4 Å². The highest BCUT2D eigenvalue weighted by Gasteiger charge is 2.25. The van der Waals surface area contributed by atoms with Crippen LogP contribution in [0.2, 0.25) is 5.02 Å². The lowest BCUT2D eigenvalue weighted by Gasteiger charge is -2.26. The van der Waals surface area contributed by atoms with Gasteiger partial charge in [0, 0.05) is 18.2 Å². The van der Waals surface area contributed by atoms with Crippen molar-refractivity contribution in [2.45, 2.75) is 55.5 Å². The number of nitrogens with zero attached hydrogens (tertiary/aromatic N) is 3. The first-order valence-electron chi connectivity index (χ1n) is 10.8. The summed E-state index contributed by atoms with van der Waals surface area (Å²) in [7, 11) is 0. The number of rotatable bonds is 6. The van der Waals surface area contributed by atoms with Crippen LogP contribution in [-0.4, -0.2) is 25.6 Å². The van der Waals surface area contributed by atoms with Gasteiger partial charge in [-0.2, -0.15) is 0 Å². The average Bonchev–Trinajstić information content (AvgIpc) is 2.81. The molecule has 1 saturated carbocycles. The largest absolute Gasteiger partial charge is 0.324 e. The monoisotopic (exact) mass is 486 g/mol. The summed E-state index contributed by atoms with van der Waals surface area (Å²) in [5.74, 6) is -0.339. The molecule has 10 heteroatoms. The molecule has 0 radical (unpaired) electrons.